The van der Waals surface area contributed by atoms with Crippen LogP contribution in [-0.4, -0.2) is 29.8 Å². The van der Waals surface area contributed by atoms with Crippen molar-refractivity contribution in [2.45, 2.75) is 19.8 Å². The Morgan fingerprint density at radius 2 is 1.77 bits per heavy atom. The van der Waals surface area contributed by atoms with Gasteiger partial charge in [0.1, 0.15) is 5.70 Å². The number of benzene rings is 2. The van der Waals surface area contributed by atoms with E-state index >= 15 is 0 Å². The van der Waals surface area contributed by atoms with E-state index in [1.165, 1.54) is 0 Å². The van der Waals surface area contributed by atoms with Gasteiger partial charge in [-0.3, -0.25) is 9.59 Å². The largest absolute Gasteiger partial charge is 0.337 e. The van der Waals surface area contributed by atoms with Crippen LogP contribution in [0.3, 0.4) is 0 Å². The summed E-state index contributed by atoms with van der Waals surface area (Å²) in [5.74, 6) is -0.415. The molecule has 2 amide bonds. The van der Waals surface area contributed by atoms with Gasteiger partial charge in [0.25, 0.3) is 11.8 Å². The molecule has 1 heterocycles. The molecule has 0 aliphatic carbocycles. The quantitative estimate of drug-likeness (QED) is 0.766. The third-order valence-corrected chi connectivity index (χ3v) is 4.84. The van der Waals surface area contributed by atoms with E-state index in [2.05, 4.69) is 21.2 Å². The average molecular weight is 413 g/mol. The predicted molar refractivity (Wildman–Crippen MR) is 107 cm³/mol. The van der Waals surface area contributed by atoms with Crippen molar-refractivity contribution >= 4 is 33.8 Å². The van der Waals surface area contributed by atoms with Crippen LogP contribution in [0.2, 0.25) is 0 Å². The lowest BCUT2D eigenvalue weighted by atomic mass is 10.1. The summed E-state index contributed by atoms with van der Waals surface area (Å²) in [7, 11) is 0. The zero-order valence-electron chi connectivity index (χ0n) is 14.7. The van der Waals surface area contributed by atoms with E-state index in [-0.39, 0.29) is 11.8 Å². The highest BCUT2D eigenvalue weighted by atomic mass is 79.9. The Hall–Kier alpha value is -2.40. The molecule has 26 heavy (non-hydrogen) atoms. The van der Waals surface area contributed by atoms with Crippen molar-refractivity contribution < 1.29 is 9.59 Å². The molecule has 0 atom stereocenters. The van der Waals surface area contributed by atoms with Crippen LogP contribution in [0.15, 0.2) is 58.7 Å². The highest BCUT2D eigenvalue weighted by molar-refractivity contribution is 9.10. The number of aryl methyl sites for hydroxylation is 1. The zero-order valence-corrected chi connectivity index (χ0v) is 16.3. The fraction of sp³-hybridized carbons (Fsp3) is 0.238. The summed E-state index contributed by atoms with van der Waals surface area (Å²) in [6.07, 6.45) is 3.74. The summed E-state index contributed by atoms with van der Waals surface area (Å²) in [5.41, 5.74) is 2.77. The van der Waals surface area contributed by atoms with Gasteiger partial charge in [-0.05, 0) is 55.7 Å². The third kappa shape index (κ3) is 4.61. The molecule has 1 aliphatic rings. The fourth-order valence-corrected chi connectivity index (χ4v) is 3.32. The Labute approximate surface area is 162 Å². The number of halogens is 1. The molecule has 0 aromatic heterocycles. The summed E-state index contributed by atoms with van der Waals surface area (Å²) in [5, 5.41) is 2.81. The van der Waals surface area contributed by atoms with E-state index in [0.29, 0.717) is 11.3 Å². The summed E-state index contributed by atoms with van der Waals surface area (Å²) in [6.45, 7) is 3.43. The molecular weight excluding hydrogens is 392 g/mol. The van der Waals surface area contributed by atoms with Crippen molar-refractivity contribution in [3.05, 3.63) is 75.4 Å². The number of carbonyl (C=O) groups excluding carboxylic acids is 2. The molecule has 5 heteroatoms. The normalized spacial score (nSPS) is 14.4. The van der Waals surface area contributed by atoms with Crippen LogP contribution in [0, 0.1) is 6.92 Å². The molecule has 2 aromatic carbocycles. The number of rotatable bonds is 4. The first-order valence-corrected chi connectivity index (χ1v) is 9.47. The summed E-state index contributed by atoms with van der Waals surface area (Å²) < 4.78 is 0.920. The van der Waals surface area contributed by atoms with E-state index in [9.17, 15) is 9.59 Å². The Morgan fingerprint density at radius 3 is 2.42 bits per heavy atom. The van der Waals surface area contributed by atoms with Crippen LogP contribution >= 0.6 is 15.9 Å². The average Bonchev–Trinajstić information content (AvgIpc) is 3.16. The van der Waals surface area contributed by atoms with Gasteiger partial charge in [-0.1, -0.05) is 45.8 Å². The van der Waals surface area contributed by atoms with Gasteiger partial charge in [0.2, 0.25) is 0 Å². The second-order valence-corrected chi connectivity index (χ2v) is 7.35. The van der Waals surface area contributed by atoms with Gasteiger partial charge in [-0.25, -0.2) is 0 Å². The molecule has 4 nitrogen and oxygen atoms in total. The van der Waals surface area contributed by atoms with Crippen molar-refractivity contribution in [2.24, 2.45) is 0 Å². The van der Waals surface area contributed by atoms with Crippen LogP contribution in [0.1, 0.15) is 34.3 Å². The van der Waals surface area contributed by atoms with E-state index in [1.807, 2.05) is 43.3 Å². The molecule has 0 bridgehead atoms. The number of hydrogen-bond donors (Lipinski definition) is 1. The number of carbonyl (C=O) groups is 2. The van der Waals surface area contributed by atoms with Crippen LogP contribution in [-0.2, 0) is 4.79 Å². The zero-order chi connectivity index (χ0) is 18.5. The standard InChI is InChI=1S/C21H21BrN2O2/c1-15-7-9-17(10-8-15)20(25)23-19(21(26)24-11-2-3-12-24)14-16-5-4-6-18(22)13-16/h4-10,13-14H,2-3,11-12H2,1H3,(H,23,25). The van der Waals surface area contributed by atoms with Crippen LogP contribution in [0.25, 0.3) is 6.08 Å². The van der Waals surface area contributed by atoms with E-state index in [0.717, 1.165) is 41.5 Å². The molecular formula is C21H21BrN2O2. The van der Waals surface area contributed by atoms with Crippen molar-refractivity contribution in [2.75, 3.05) is 13.1 Å². The molecule has 2 aromatic rings. The lowest BCUT2D eigenvalue weighted by Crippen LogP contribution is -2.36. The molecule has 0 spiro atoms. The monoisotopic (exact) mass is 412 g/mol. The topological polar surface area (TPSA) is 49.4 Å². The van der Waals surface area contributed by atoms with Crippen molar-refractivity contribution in [3.63, 3.8) is 0 Å². The molecule has 1 N–H and O–H groups in total. The van der Waals surface area contributed by atoms with Gasteiger partial charge in [0.05, 0.1) is 0 Å². The van der Waals surface area contributed by atoms with Crippen molar-refractivity contribution in [1.29, 1.82) is 0 Å². The second kappa shape index (κ2) is 8.32. The maximum atomic E-state index is 12.9. The first-order chi connectivity index (χ1) is 12.5. The molecule has 134 valence electrons. The van der Waals surface area contributed by atoms with Gasteiger partial charge in [0, 0.05) is 23.1 Å². The lowest BCUT2D eigenvalue weighted by Gasteiger charge is -2.18. The molecule has 3 rings (SSSR count). The molecule has 0 saturated carbocycles. The van der Waals surface area contributed by atoms with Crippen LogP contribution in [0.4, 0.5) is 0 Å². The second-order valence-electron chi connectivity index (χ2n) is 6.43. The highest BCUT2D eigenvalue weighted by Crippen LogP contribution is 2.17. The molecule has 1 saturated heterocycles. The maximum Gasteiger partial charge on any atom is 0.270 e. The van der Waals surface area contributed by atoms with E-state index in [1.54, 1.807) is 23.1 Å². The Bertz CT molecular complexity index is 837. The van der Waals surface area contributed by atoms with Crippen molar-refractivity contribution in [1.82, 2.24) is 10.2 Å². The number of nitrogens with zero attached hydrogens (tertiary/aromatic N) is 1. The lowest BCUT2D eigenvalue weighted by molar-refractivity contribution is -0.126. The minimum absolute atomic E-state index is 0.136. The first-order valence-electron chi connectivity index (χ1n) is 8.67. The summed E-state index contributed by atoms with van der Waals surface area (Å²) >= 11 is 3.44. The molecule has 0 radical (unpaired) electrons. The van der Waals surface area contributed by atoms with Gasteiger partial charge in [0.15, 0.2) is 0 Å². The maximum absolute atomic E-state index is 12.9. The molecule has 1 aliphatic heterocycles. The minimum Gasteiger partial charge on any atom is -0.337 e. The summed E-state index contributed by atoms with van der Waals surface area (Å²) in [4.78, 5) is 27.3. The summed E-state index contributed by atoms with van der Waals surface area (Å²) in [6, 6.07) is 14.9. The Balaban J connectivity index is 1.88. The Morgan fingerprint density at radius 1 is 1.08 bits per heavy atom. The Kier molecular flexibility index (Phi) is 5.89. The van der Waals surface area contributed by atoms with Crippen molar-refractivity contribution in [3.8, 4) is 0 Å². The number of nitrogens with one attached hydrogen (secondary N) is 1. The fourth-order valence-electron chi connectivity index (χ4n) is 2.90. The van der Waals surface area contributed by atoms with E-state index in [4.69, 9.17) is 0 Å². The molecule has 1 fully saturated rings. The minimum atomic E-state index is -0.279. The third-order valence-electron chi connectivity index (χ3n) is 4.35. The smallest absolute Gasteiger partial charge is 0.270 e. The first kappa shape index (κ1) is 18.4. The van der Waals surface area contributed by atoms with Gasteiger partial charge in [-0.15, -0.1) is 0 Å². The van der Waals surface area contributed by atoms with Gasteiger partial charge >= 0.3 is 0 Å². The van der Waals surface area contributed by atoms with Gasteiger partial charge in [-0.2, -0.15) is 0 Å². The number of hydrogen-bond acceptors (Lipinski definition) is 2. The van der Waals surface area contributed by atoms with Crippen LogP contribution in [0.5, 0.6) is 0 Å². The highest BCUT2D eigenvalue weighted by Gasteiger charge is 2.23. The molecule has 0 unspecified atom stereocenters. The van der Waals surface area contributed by atoms with Gasteiger partial charge < -0.3 is 10.2 Å². The number of likely N-dealkylation sites (tertiary alicyclic amines) is 1. The van der Waals surface area contributed by atoms with Crippen LogP contribution < -0.4 is 5.32 Å². The predicted octanol–water partition coefficient (Wildman–Crippen LogP) is 4.15. The SMILES string of the molecule is Cc1ccc(C(=O)NC(=Cc2cccc(Br)c2)C(=O)N2CCCC2)cc1. The number of amides is 2. The van der Waals surface area contributed by atoms with E-state index < -0.39 is 0 Å².